The second-order valence-electron chi connectivity index (χ2n) is 4.77. The minimum absolute atomic E-state index is 0.854. The molecular formula is C13H17BrClN. The minimum Gasteiger partial charge on any atom is -0.373 e. The molecule has 1 nitrogen and oxygen atoms in total. The highest BCUT2D eigenvalue weighted by atomic mass is 79.9. The summed E-state index contributed by atoms with van der Waals surface area (Å²) in [4.78, 5) is 2.27. The zero-order valence-electron chi connectivity index (χ0n) is 9.71. The zero-order chi connectivity index (χ0) is 11.7. The molecule has 88 valence electrons. The van der Waals surface area contributed by atoms with Crippen molar-refractivity contribution in [1.29, 1.82) is 0 Å². The lowest BCUT2D eigenvalue weighted by molar-refractivity contribution is 0.725. The lowest BCUT2D eigenvalue weighted by Crippen LogP contribution is -2.20. The normalized spacial score (nSPS) is 23.2. The Morgan fingerprint density at radius 1 is 1.50 bits per heavy atom. The van der Waals surface area contributed by atoms with Gasteiger partial charge in [0.05, 0.1) is 10.7 Å². The molecule has 1 aliphatic carbocycles. The van der Waals surface area contributed by atoms with Gasteiger partial charge in [0.1, 0.15) is 0 Å². The van der Waals surface area contributed by atoms with E-state index in [2.05, 4.69) is 46.9 Å². The first-order valence-corrected chi connectivity index (χ1v) is 7.17. The van der Waals surface area contributed by atoms with Crippen LogP contribution in [0.4, 0.5) is 5.69 Å². The number of rotatable bonds is 4. The number of benzene rings is 1. The molecule has 0 bridgehead atoms. The fourth-order valence-electron chi connectivity index (χ4n) is 2.05. The van der Waals surface area contributed by atoms with Gasteiger partial charge in [0.25, 0.3) is 0 Å². The van der Waals surface area contributed by atoms with E-state index in [-0.39, 0.29) is 0 Å². The molecule has 0 radical (unpaired) electrons. The van der Waals surface area contributed by atoms with Crippen molar-refractivity contribution in [3.05, 3.63) is 28.8 Å². The number of halogens is 2. The van der Waals surface area contributed by atoms with Crippen molar-refractivity contribution in [1.82, 2.24) is 0 Å². The molecule has 2 unspecified atom stereocenters. The van der Waals surface area contributed by atoms with Crippen LogP contribution in [0.25, 0.3) is 0 Å². The SMILES string of the molecule is CC1CC1CN(C)c1ccc(CBr)cc1Cl. The van der Waals surface area contributed by atoms with Gasteiger partial charge >= 0.3 is 0 Å². The van der Waals surface area contributed by atoms with Crippen LogP contribution >= 0.6 is 27.5 Å². The lowest BCUT2D eigenvalue weighted by Gasteiger charge is -2.21. The average molecular weight is 303 g/mol. The van der Waals surface area contributed by atoms with Crippen molar-refractivity contribution in [3.63, 3.8) is 0 Å². The Bertz CT molecular complexity index is 380. The fraction of sp³-hybridized carbons (Fsp3) is 0.538. The Balaban J connectivity index is 2.07. The van der Waals surface area contributed by atoms with E-state index in [4.69, 9.17) is 11.6 Å². The highest BCUT2D eigenvalue weighted by Crippen LogP contribution is 2.39. The summed E-state index contributed by atoms with van der Waals surface area (Å²) in [5.74, 6) is 1.75. The summed E-state index contributed by atoms with van der Waals surface area (Å²) in [6.07, 6.45) is 1.36. The monoisotopic (exact) mass is 301 g/mol. The van der Waals surface area contributed by atoms with Crippen LogP contribution in [0.5, 0.6) is 0 Å². The zero-order valence-corrected chi connectivity index (χ0v) is 12.1. The van der Waals surface area contributed by atoms with Gasteiger partial charge in [0.15, 0.2) is 0 Å². The van der Waals surface area contributed by atoms with Gasteiger partial charge in [-0.1, -0.05) is 40.5 Å². The molecule has 3 heteroatoms. The quantitative estimate of drug-likeness (QED) is 0.748. The standard InChI is InChI=1S/C13H17BrClN/c1-9-5-11(9)8-16(2)13-4-3-10(7-14)6-12(13)15/h3-4,6,9,11H,5,7-8H2,1-2H3. The van der Waals surface area contributed by atoms with Gasteiger partial charge in [0, 0.05) is 18.9 Å². The van der Waals surface area contributed by atoms with E-state index in [9.17, 15) is 0 Å². The summed E-state index contributed by atoms with van der Waals surface area (Å²) in [7, 11) is 2.13. The molecule has 0 aromatic heterocycles. The van der Waals surface area contributed by atoms with Gasteiger partial charge in [-0.3, -0.25) is 0 Å². The van der Waals surface area contributed by atoms with Crippen molar-refractivity contribution < 1.29 is 0 Å². The van der Waals surface area contributed by atoms with E-state index in [0.29, 0.717) is 0 Å². The Labute approximate surface area is 111 Å². The predicted octanol–water partition coefficient (Wildman–Crippen LogP) is 4.33. The van der Waals surface area contributed by atoms with Crippen LogP contribution in [0.2, 0.25) is 5.02 Å². The second-order valence-corrected chi connectivity index (χ2v) is 5.74. The molecular weight excluding hydrogens is 286 g/mol. The molecule has 0 spiro atoms. The van der Waals surface area contributed by atoms with E-state index < -0.39 is 0 Å². The van der Waals surface area contributed by atoms with Gasteiger partial charge in [-0.25, -0.2) is 0 Å². The largest absolute Gasteiger partial charge is 0.373 e. The Hall–Kier alpha value is -0.210. The molecule has 0 saturated heterocycles. The summed E-state index contributed by atoms with van der Waals surface area (Å²) >= 11 is 9.72. The van der Waals surface area contributed by atoms with Crippen LogP contribution in [0.15, 0.2) is 18.2 Å². The van der Waals surface area contributed by atoms with E-state index in [1.54, 1.807) is 0 Å². The maximum atomic E-state index is 6.28. The van der Waals surface area contributed by atoms with Gasteiger partial charge in [0.2, 0.25) is 0 Å². The third-order valence-electron chi connectivity index (χ3n) is 3.36. The summed E-state index contributed by atoms with van der Waals surface area (Å²) in [5, 5.41) is 1.71. The molecule has 16 heavy (non-hydrogen) atoms. The molecule has 2 atom stereocenters. The maximum absolute atomic E-state index is 6.28. The summed E-state index contributed by atoms with van der Waals surface area (Å²) in [6, 6.07) is 6.28. The third-order valence-corrected chi connectivity index (χ3v) is 4.31. The van der Waals surface area contributed by atoms with Gasteiger partial charge in [-0.15, -0.1) is 0 Å². The lowest BCUT2D eigenvalue weighted by atomic mass is 10.2. The van der Waals surface area contributed by atoms with Crippen LogP contribution < -0.4 is 4.90 Å². The number of anilines is 1. The van der Waals surface area contributed by atoms with Crippen molar-refractivity contribution >= 4 is 33.2 Å². The number of hydrogen-bond acceptors (Lipinski definition) is 1. The van der Waals surface area contributed by atoms with E-state index in [0.717, 1.165) is 34.4 Å². The molecule has 1 saturated carbocycles. The summed E-state index contributed by atoms with van der Waals surface area (Å²) in [5.41, 5.74) is 2.37. The van der Waals surface area contributed by atoms with Crippen molar-refractivity contribution in [3.8, 4) is 0 Å². The van der Waals surface area contributed by atoms with Crippen LogP contribution in [0, 0.1) is 11.8 Å². The Morgan fingerprint density at radius 3 is 2.69 bits per heavy atom. The molecule has 1 aliphatic rings. The summed E-state index contributed by atoms with van der Waals surface area (Å²) < 4.78 is 0. The fourth-order valence-corrected chi connectivity index (χ4v) is 2.74. The summed E-state index contributed by atoms with van der Waals surface area (Å²) in [6.45, 7) is 3.43. The van der Waals surface area contributed by atoms with E-state index >= 15 is 0 Å². The first kappa shape index (κ1) is 12.3. The molecule has 1 aromatic rings. The van der Waals surface area contributed by atoms with Crippen molar-refractivity contribution in [2.75, 3.05) is 18.5 Å². The number of alkyl halides is 1. The van der Waals surface area contributed by atoms with Crippen molar-refractivity contribution in [2.24, 2.45) is 11.8 Å². The van der Waals surface area contributed by atoms with Crippen LogP contribution in [0.3, 0.4) is 0 Å². The minimum atomic E-state index is 0.854. The highest BCUT2D eigenvalue weighted by Gasteiger charge is 2.33. The first-order chi connectivity index (χ1) is 7.61. The molecule has 0 heterocycles. The molecule has 0 N–H and O–H groups in total. The van der Waals surface area contributed by atoms with Gasteiger partial charge in [-0.05, 0) is 36.0 Å². The van der Waals surface area contributed by atoms with Crippen molar-refractivity contribution in [2.45, 2.75) is 18.7 Å². The second kappa shape index (κ2) is 4.97. The van der Waals surface area contributed by atoms with Gasteiger partial charge < -0.3 is 4.90 Å². The smallest absolute Gasteiger partial charge is 0.0642 e. The molecule has 1 aromatic carbocycles. The Kier molecular flexibility index (Phi) is 3.81. The first-order valence-electron chi connectivity index (χ1n) is 5.67. The van der Waals surface area contributed by atoms with Gasteiger partial charge in [-0.2, -0.15) is 0 Å². The topological polar surface area (TPSA) is 3.24 Å². The average Bonchev–Trinajstić information content (AvgIpc) is 2.93. The predicted molar refractivity (Wildman–Crippen MR) is 74.6 cm³/mol. The van der Waals surface area contributed by atoms with Crippen LogP contribution in [-0.2, 0) is 5.33 Å². The number of nitrogens with zero attached hydrogens (tertiary/aromatic N) is 1. The van der Waals surface area contributed by atoms with E-state index in [1.165, 1.54) is 12.0 Å². The van der Waals surface area contributed by atoms with E-state index in [1.807, 2.05) is 6.07 Å². The molecule has 0 amide bonds. The highest BCUT2D eigenvalue weighted by molar-refractivity contribution is 9.08. The maximum Gasteiger partial charge on any atom is 0.0642 e. The van der Waals surface area contributed by atoms with Crippen LogP contribution in [-0.4, -0.2) is 13.6 Å². The Morgan fingerprint density at radius 2 is 2.19 bits per heavy atom. The number of hydrogen-bond donors (Lipinski definition) is 0. The molecule has 2 rings (SSSR count). The van der Waals surface area contributed by atoms with Crippen LogP contribution in [0.1, 0.15) is 18.9 Å². The molecule has 1 fully saturated rings. The molecule has 0 aliphatic heterocycles. The third kappa shape index (κ3) is 2.72.